The number of hydrogen-bond donors (Lipinski definition) is 3. The second-order valence-corrected chi connectivity index (χ2v) is 7.64. The molecule has 0 fully saturated rings. The van der Waals surface area contributed by atoms with Crippen LogP contribution in [0.3, 0.4) is 0 Å². The summed E-state index contributed by atoms with van der Waals surface area (Å²) in [4.78, 5) is 33.8. The molecule has 0 bridgehead atoms. The molecule has 116 valence electrons. The average Bonchev–Trinajstić information content (AvgIpc) is 2.41. The quantitative estimate of drug-likeness (QED) is 0.421. The fourth-order valence-corrected chi connectivity index (χ4v) is 4.70. The molecule has 0 aliphatic heterocycles. The maximum absolute atomic E-state index is 13.2. The summed E-state index contributed by atoms with van der Waals surface area (Å²) in [5.74, 6) is -2.82. The van der Waals surface area contributed by atoms with Gasteiger partial charge in [-0.25, -0.2) is 0 Å². The second-order valence-electron chi connectivity index (χ2n) is 4.51. The molecule has 0 aromatic carbocycles. The van der Waals surface area contributed by atoms with E-state index in [1.807, 2.05) is 0 Å². The van der Waals surface area contributed by atoms with Gasteiger partial charge in [-0.05, 0) is 12.8 Å². The van der Waals surface area contributed by atoms with Crippen LogP contribution in [0.4, 0.5) is 0 Å². The maximum atomic E-state index is 13.2. The van der Waals surface area contributed by atoms with E-state index in [2.05, 4.69) is 19.7 Å². The van der Waals surface area contributed by atoms with Crippen molar-refractivity contribution in [1.82, 2.24) is 0 Å². The van der Waals surface area contributed by atoms with E-state index in [1.54, 1.807) is 6.92 Å². The van der Waals surface area contributed by atoms with Gasteiger partial charge in [-0.3, -0.25) is 14.4 Å². The van der Waals surface area contributed by atoms with Gasteiger partial charge in [-0.15, -0.1) is 0 Å². The summed E-state index contributed by atoms with van der Waals surface area (Å²) < 4.78 is 13.2. The topological polar surface area (TPSA) is 146 Å². The van der Waals surface area contributed by atoms with Gasteiger partial charge in [0.1, 0.15) is 0 Å². The van der Waals surface area contributed by atoms with Gasteiger partial charge in [0, 0.05) is 11.2 Å². The van der Waals surface area contributed by atoms with Gasteiger partial charge in [-0.2, -0.15) is 0 Å². The number of rotatable bonds is 9. The van der Waals surface area contributed by atoms with Crippen molar-refractivity contribution in [2.45, 2.75) is 25.4 Å². The zero-order chi connectivity index (χ0) is 17.0. The molecular weight excluding hydrogens is 293 g/mol. The van der Waals surface area contributed by atoms with Crippen molar-refractivity contribution in [1.29, 1.82) is 0 Å². The van der Waals surface area contributed by atoms with Crippen molar-refractivity contribution in [2.24, 2.45) is 17.2 Å². The number of primary amides is 3. The molecule has 0 aromatic rings. The second kappa shape index (κ2) is 7.04. The van der Waals surface area contributed by atoms with Crippen LogP contribution in [-0.2, 0) is 18.9 Å². The lowest BCUT2D eigenvalue weighted by atomic mass is 10.1. The van der Waals surface area contributed by atoms with Gasteiger partial charge in [0.2, 0.25) is 5.91 Å². The van der Waals surface area contributed by atoms with Crippen LogP contribution in [0.25, 0.3) is 0 Å². The van der Waals surface area contributed by atoms with E-state index >= 15 is 0 Å². The number of carbonyl (C=O) groups is 3. The first kappa shape index (κ1) is 18.9. The van der Waals surface area contributed by atoms with Gasteiger partial charge < -0.3 is 21.8 Å². The van der Waals surface area contributed by atoms with E-state index in [0.717, 1.165) is 0 Å². The molecule has 0 aliphatic carbocycles. The minimum absolute atomic E-state index is 0.0108. The normalized spacial score (nSPS) is 12.2. The highest BCUT2D eigenvalue weighted by molar-refractivity contribution is 7.75. The monoisotopic (exact) mass is 313 g/mol. The van der Waals surface area contributed by atoms with Gasteiger partial charge in [0.15, 0.2) is 7.14 Å². The van der Waals surface area contributed by atoms with Crippen LogP contribution in [-0.4, -0.2) is 23.4 Å². The first-order chi connectivity index (χ1) is 9.49. The highest BCUT2D eigenvalue weighted by Crippen LogP contribution is 2.65. The third kappa shape index (κ3) is 3.92. The van der Waals surface area contributed by atoms with E-state index in [-0.39, 0.29) is 18.4 Å². The zero-order valence-electron chi connectivity index (χ0n) is 11.9. The molecule has 0 aliphatic rings. The molecule has 0 aromatic heterocycles. The number of carbonyl (C=O) groups excluding carboxylic acids is 3. The Bertz CT molecular complexity index is 550. The summed E-state index contributed by atoms with van der Waals surface area (Å²) in [6.07, 6.45) is 0.171. The molecule has 0 heterocycles. The first-order valence-electron chi connectivity index (χ1n) is 6.05. The summed E-state index contributed by atoms with van der Waals surface area (Å²) in [6.45, 7) is 11.9. The Morgan fingerprint density at radius 3 is 1.57 bits per heavy atom. The van der Waals surface area contributed by atoms with Crippen molar-refractivity contribution in [3.8, 4) is 0 Å². The molecule has 1 unspecified atom stereocenters. The Kier molecular flexibility index (Phi) is 6.32. The summed E-state index contributed by atoms with van der Waals surface area (Å²) in [7, 11) is -3.82. The highest BCUT2D eigenvalue weighted by atomic mass is 31.2. The smallest absolute Gasteiger partial charge is 0.251 e. The van der Waals surface area contributed by atoms with Gasteiger partial charge in [-0.1, -0.05) is 26.7 Å². The summed E-state index contributed by atoms with van der Waals surface area (Å²) in [5, 5.41) is -0.870. The summed E-state index contributed by atoms with van der Waals surface area (Å²) in [5.41, 5.74) is 14.6. The van der Waals surface area contributed by atoms with Crippen LogP contribution in [0.2, 0.25) is 0 Å². The molecule has 1 atom stereocenters. The molecule has 8 heteroatoms. The van der Waals surface area contributed by atoms with Crippen molar-refractivity contribution >= 4 is 24.9 Å². The Morgan fingerprint density at radius 1 is 0.952 bits per heavy atom. The number of amides is 3. The van der Waals surface area contributed by atoms with Gasteiger partial charge in [0.25, 0.3) is 11.8 Å². The molecule has 0 spiro atoms. The van der Waals surface area contributed by atoms with E-state index in [4.69, 9.17) is 17.2 Å². The third-order valence-electron chi connectivity index (χ3n) is 3.19. The largest absolute Gasteiger partial charge is 0.366 e. The standard InChI is InChI=1S/C13H20N3O4P/c1-5-10(6-7(2)11(14)17)21(20,8(3)12(15)18)9(4)13(16)19/h10H,2-6H2,1H3,(H2,14,17)(H2,15,18)(H2,16,19). The molecule has 7 nitrogen and oxygen atoms in total. The van der Waals surface area contributed by atoms with Crippen molar-refractivity contribution in [3.05, 3.63) is 35.9 Å². The third-order valence-corrected chi connectivity index (χ3v) is 6.81. The molecule has 21 heavy (non-hydrogen) atoms. The fraction of sp³-hybridized carbons (Fsp3) is 0.308. The molecule has 0 rings (SSSR count). The van der Waals surface area contributed by atoms with Crippen molar-refractivity contribution in [2.75, 3.05) is 0 Å². The lowest BCUT2D eigenvalue weighted by Gasteiger charge is -2.28. The van der Waals surface area contributed by atoms with Crippen molar-refractivity contribution < 1.29 is 18.9 Å². The van der Waals surface area contributed by atoms with E-state index in [1.165, 1.54) is 0 Å². The molecule has 0 saturated heterocycles. The molecular formula is C13H20N3O4P. The van der Waals surface area contributed by atoms with Crippen molar-refractivity contribution in [3.63, 3.8) is 0 Å². The molecule has 6 N–H and O–H groups in total. The van der Waals surface area contributed by atoms with Crippen LogP contribution >= 0.6 is 7.14 Å². The Morgan fingerprint density at radius 2 is 1.33 bits per heavy atom. The Balaban J connectivity index is 5.94. The lowest BCUT2D eigenvalue weighted by Crippen LogP contribution is -2.26. The Labute approximate surface area is 123 Å². The maximum Gasteiger partial charge on any atom is 0.251 e. The minimum atomic E-state index is -3.82. The SMILES string of the molecule is C=C(CC(CC)P(=O)(C(=C)C(N)=O)C(=C)C(N)=O)C(N)=O. The fourth-order valence-electron chi connectivity index (χ4n) is 1.85. The van der Waals surface area contributed by atoms with E-state index in [0.29, 0.717) is 0 Å². The number of nitrogens with two attached hydrogens (primary N) is 3. The Hall–Kier alpha value is -2.14. The van der Waals surface area contributed by atoms with Crippen LogP contribution < -0.4 is 17.2 Å². The molecule has 0 saturated carbocycles. The van der Waals surface area contributed by atoms with E-state index < -0.39 is 41.2 Å². The molecule has 0 radical (unpaired) electrons. The first-order valence-corrected chi connectivity index (χ1v) is 7.83. The van der Waals surface area contributed by atoms with Crippen LogP contribution in [0, 0.1) is 0 Å². The molecule has 3 amide bonds. The van der Waals surface area contributed by atoms with E-state index in [9.17, 15) is 18.9 Å². The predicted octanol–water partition coefficient (Wildman–Crippen LogP) is 0.558. The lowest BCUT2D eigenvalue weighted by molar-refractivity contribution is -0.115. The number of hydrogen-bond acceptors (Lipinski definition) is 4. The summed E-state index contributed by atoms with van der Waals surface area (Å²) >= 11 is 0. The van der Waals surface area contributed by atoms with Crippen LogP contribution in [0.1, 0.15) is 19.8 Å². The van der Waals surface area contributed by atoms with Gasteiger partial charge in [0.05, 0.1) is 10.6 Å². The minimum Gasteiger partial charge on any atom is -0.366 e. The van der Waals surface area contributed by atoms with Gasteiger partial charge >= 0.3 is 0 Å². The van der Waals surface area contributed by atoms with Crippen LogP contribution in [0.5, 0.6) is 0 Å². The zero-order valence-corrected chi connectivity index (χ0v) is 12.8. The predicted molar refractivity (Wildman–Crippen MR) is 81.3 cm³/mol. The summed E-state index contributed by atoms with van der Waals surface area (Å²) in [6, 6.07) is 0. The average molecular weight is 313 g/mol. The van der Waals surface area contributed by atoms with Crippen LogP contribution in [0.15, 0.2) is 35.9 Å². The highest BCUT2D eigenvalue weighted by Gasteiger charge is 2.42.